The number of aryl methyl sites for hydroxylation is 1. The van der Waals surface area contributed by atoms with Gasteiger partial charge in [0.05, 0.1) is 18.1 Å². The van der Waals surface area contributed by atoms with Crippen molar-refractivity contribution in [3.05, 3.63) is 58.7 Å². The molecule has 6 aliphatic rings. The maximum atomic E-state index is 14.9. The lowest BCUT2D eigenvalue weighted by Crippen LogP contribution is -2.66. The van der Waals surface area contributed by atoms with Crippen molar-refractivity contribution >= 4 is 11.9 Å². The Labute approximate surface area is 249 Å². The Kier molecular flexibility index (Phi) is 6.88. The lowest BCUT2D eigenvalue weighted by Gasteiger charge is -2.60. The van der Waals surface area contributed by atoms with Gasteiger partial charge in [-0.25, -0.2) is 4.79 Å². The average Bonchev–Trinajstić information content (AvgIpc) is 3.40. The summed E-state index contributed by atoms with van der Waals surface area (Å²) < 4.78 is 12.0. The van der Waals surface area contributed by atoms with Crippen molar-refractivity contribution in [1.29, 1.82) is 0 Å². The molecule has 0 aromatic heterocycles. The molecular formula is C35H47NO6. The van der Waals surface area contributed by atoms with E-state index in [4.69, 9.17) is 9.47 Å². The van der Waals surface area contributed by atoms with Crippen molar-refractivity contribution in [2.45, 2.75) is 97.7 Å². The minimum Gasteiger partial charge on any atom is -0.439 e. The highest BCUT2D eigenvalue weighted by atomic mass is 16.6. The van der Waals surface area contributed by atoms with Crippen LogP contribution in [0.25, 0.3) is 0 Å². The Morgan fingerprint density at radius 1 is 1.17 bits per heavy atom. The second-order valence-electron chi connectivity index (χ2n) is 14.9. The Hall–Kier alpha value is -2.48. The number of fused-ring (bicyclic) bond motifs is 2. The number of alkyl carbamates (subject to hydrolysis) is 1. The highest BCUT2D eigenvalue weighted by molar-refractivity contribution is 5.95. The number of aliphatic hydroxyl groups is 2. The van der Waals surface area contributed by atoms with E-state index in [0.717, 1.165) is 36.8 Å². The van der Waals surface area contributed by atoms with Crippen LogP contribution >= 0.6 is 0 Å². The molecule has 6 aliphatic carbocycles. The van der Waals surface area contributed by atoms with Gasteiger partial charge in [0.1, 0.15) is 5.60 Å². The van der Waals surface area contributed by atoms with Crippen molar-refractivity contribution < 1.29 is 29.3 Å². The van der Waals surface area contributed by atoms with Crippen molar-refractivity contribution in [2.24, 2.45) is 40.4 Å². The zero-order valence-corrected chi connectivity index (χ0v) is 26.1. The summed E-state index contributed by atoms with van der Waals surface area (Å²) in [5, 5.41) is 26.6. The standard InChI is InChI=1S/C35H47NO6/c1-19-17-34-20(2)14-24-16-27(32(24,4)5)26(29(34)37)15-23(18-41-33(6,7)39)21(3)35(34,40)30(19)42-31(38)36-28-13-12-22-10-8-9-11-25(22)28/h8-11,15,17,20-21,24,26-28,30,39-40H,12-14,16,18H2,1-7H3,(H,36,38)/t20-,21-,24-,26+,27-,28?,30+,34+,35+/m1/s1. The van der Waals surface area contributed by atoms with Crippen LogP contribution in [0.3, 0.4) is 0 Å². The number of ether oxygens (including phenoxy) is 2. The molecule has 7 rings (SSSR count). The average molecular weight is 578 g/mol. The number of nitrogens with one attached hydrogen (secondary N) is 1. The topological polar surface area (TPSA) is 105 Å². The summed E-state index contributed by atoms with van der Waals surface area (Å²) in [5.74, 6) is -1.94. The second-order valence-corrected chi connectivity index (χ2v) is 14.9. The molecule has 0 heterocycles. The molecule has 7 heteroatoms. The maximum Gasteiger partial charge on any atom is 0.408 e. The van der Waals surface area contributed by atoms with Crippen LogP contribution in [0.5, 0.6) is 0 Å². The van der Waals surface area contributed by atoms with E-state index in [9.17, 15) is 19.8 Å². The van der Waals surface area contributed by atoms with Crippen LogP contribution < -0.4 is 5.32 Å². The fourth-order valence-electron chi connectivity index (χ4n) is 9.34. The number of ketones is 1. The molecular weight excluding hydrogens is 530 g/mol. The number of allylic oxidation sites excluding steroid dienone is 1. The van der Waals surface area contributed by atoms with Gasteiger partial charge in [0.25, 0.3) is 0 Å². The van der Waals surface area contributed by atoms with Crippen LogP contribution in [0.2, 0.25) is 0 Å². The van der Waals surface area contributed by atoms with E-state index in [1.54, 1.807) is 13.8 Å². The van der Waals surface area contributed by atoms with Crippen molar-refractivity contribution in [3.8, 4) is 0 Å². The maximum absolute atomic E-state index is 14.9. The molecule has 4 bridgehead atoms. The molecule has 1 aromatic rings. The van der Waals surface area contributed by atoms with Crippen LogP contribution in [0.15, 0.2) is 47.6 Å². The summed E-state index contributed by atoms with van der Waals surface area (Å²) in [4.78, 5) is 28.5. The minimum atomic E-state index is -1.71. The highest BCUT2D eigenvalue weighted by Gasteiger charge is 2.73. The third kappa shape index (κ3) is 4.17. The lowest BCUT2D eigenvalue weighted by atomic mass is 9.43. The molecule has 3 N–H and O–H groups in total. The fraction of sp³-hybridized carbons (Fsp3) is 0.657. The first-order chi connectivity index (χ1) is 19.6. The summed E-state index contributed by atoms with van der Waals surface area (Å²) in [6.45, 7) is 13.6. The zero-order valence-electron chi connectivity index (χ0n) is 26.1. The molecule has 9 atom stereocenters. The molecule has 0 saturated heterocycles. The Balaban J connectivity index is 1.39. The molecule has 3 saturated carbocycles. The molecule has 0 radical (unpaired) electrons. The monoisotopic (exact) mass is 577 g/mol. The van der Waals surface area contributed by atoms with E-state index >= 15 is 0 Å². The molecule has 228 valence electrons. The first kappa shape index (κ1) is 29.6. The van der Waals surface area contributed by atoms with Gasteiger partial charge in [-0.05, 0) is 91.9 Å². The number of amides is 1. The third-order valence-electron chi connectivity index (χ3n) is 11.9. The van der Waals surface area contributed by atoms with Crippen molar-refractivity contribution in [3.63, 3.8) is 0 Å². The van der Waals surface area contributed by atoms with Crippen LogP contribution in [-0.2, 0) is 20.7 Å². The van der Waals surface area contributed by atoms with E-state index in [1.807, 2.05) is 44.2 Å². The number of hydrogen-bond donors (Lipinski definition) is 3. The van der Waals surface area contributed by atoms with E-state index in [-0.39, 0.29) is 35.7 Å². The predicted octanol–water partition coefficient (Wildman–Crippen LogP) is 5.65. The van der Waals surface area contributed by atoms with Gasteiger partial charge in [-0.3, -0.25) is 4.79 Å². The van der Waals surface area contributed by atoms with E-state index < -0.39 is 40.8 Å². The van der Waals surface area contributed by atoms with Crippen molar-refractivity contribution in [2.75, 3.05) is 6.61 Å². The van der Waals surface area contributed by atoms with Gasteiger partial charge in [0.15, 0.2) is 17.7 Å². The summed E-state index contributed by atoms with van der Waals surface area (Å²) in [5.41, 5.74) is 0.832. The van der Waals surface area contributed by atoms with Crippen LogP contribution in [0, 0.1) is 40.4 Å². The third-order valence-corrected chi connectivity index (χ3v) is 11.9. The van der Waals surface area contributed by atoms with Crippen LogP contribution in [0.1, 0.15) is 84.9 Å². The lowest BCUT2D eigenvalue weighted by molar-refractivity contribution is -0.194. The molecule has 1 aromatic carbocycles. The number of hydrogen-bond acceptors (Lipinski definition) is 6. The quantitative estimate of drug-likeness (QED) is 0.308. The van der Waals surface area contributed by atoms with Gasteiger partial charge < -0.3 is 25.0 Å². The molecule has 0 aliphatic heterocycles. The smallest absolute Gasteiger partial charge is 0.408 e. The Bertz CT molecular complexity index is 1360. The van der Waals surface area contributed by atoms with Gasteiger partial charge in [0.2, 0.25) is 0 Å². The summed E-state index contributed by atoms with van der Waals surface area (Å²) in [6, 6.07) is 7.93. The number of rotatable bonds is 5. The number of carbonyl (C=O) groups excluding carboxylic acids is 2. The van der Waals surface area contributed by atoms with Crippen molar-refractivity contribution in [1.82, 2.24) is 5.32 Å². The number of benzene rings is 1. The number of carbonyl (C=O) groups is 2. The fourth-order valence-corrected chi connectivity index (χ4v) is 9.34. The van der Waals surface area contributed by atoms with Gasteiger partial charge in [-0.1, -0.05) is 64.1 Å². The van der Waals surface area contributed by atoms with Gasteiger partial charge in [-0.15, -0.1) is 0 Å². The predicted molar refractivity (Wildman–Crippen MR) is 159 cm³/mol. The van der Waals surface area contributed by atoms with Gasteiger partial charge in [0, 0.05) is 11.8 Å². The molecule has 3 fully saturated rings. The molecule has 1 spiro atoms. The zero-order chi connectivity index (χ0) is 30.4. The number of Topliss-reactive ketones (excluding diaryl/α,β-unsaturated/α-hetero) is 1. The highest BCUT2D eigenvalue weighted by Crippen LogP contribution is 2.67. The Morgan fingerprint density at radius 3 is 2.57 bits per heavy atom. The molecule has 1 amide bonds. The summed E-state index contributed by atoms with van der Waals surface area (Å²) in [6.07, 6.45) is 5.81. The van der Waals surface area contributed by atoms with E-state index in [0.29, 0.717) is 11.5 Å². The van der Waals surface area contributed by atoms with E-state index in [1.165, 1.54) is 5.56 Å². The minimum absolute atomic E-state index is 0.00860. The first-order valence-corrected chi connectivity index (χ1v) is 15.7. The second kappa shape index (κ2) is 9.76. The van der Waals surface area contributed by atoms with E-state index in [2.05, 4.69) is 32.2 Å². The molecule has 7 nitrogen and oxygen atoms in total. The molecule has 42 heavy (non-hydrogen) atoms. The van der Waals surface area contributed by atoms with Crippen LogP contribution in [-0.4, -0.2) is 46.2 Å². The molecule has 1 unspecified atom stereocenters. The first-order valence-electron chi connectivity index (χ1n) is 15.7. The normalized spacial score (nSPS) is 39.9. The summed E-state index contributed by atoms with van der Waals surface area (Å²) >= 11 is 0. The van der Waals surface area contributed by atoms with Gasteiger partial charge in [-0.2, -0.15) is 0 Å². The van der Waals surface area contributed by atoms with Gasteiger partial charge >= 0.3 is 6.09 Å². The largest absolute Gasteiger partial charge is 0.439 e. The Morgan fingerprint density at radius 2 is 1.88 bits per heavy atom. The summed E-state index contributed by atoms with van der Waals surface area (Å²) in [7, 11) is 0. The van der Waals surface area contributed by atoms with Crippen LogP contribution in [0.4, 0.5) is 4.79 Å². The SMILES string of the molecule is CC1=C[C@]23C(=O)[C@@H](C=C(COC(C)(C)O)[C@@H](C)[C@]2(O)[C@H]1OC(=O)NC1CCc2ccccc21)[C@H]1C[C@@H](C[C@H]3C)C1(C)C.